The molecule has 0 bridgehead atoms. The highest BCUT2D eigenvalue weighted by Crippen LogP contribution is 2.38. The molecule has 0 radical (unpaired) electrons. The molecule has 3 atom stereocenters. The average Bonchev–Trinajstić information content (AvgIpc) is 3.24. The van der Waals surface area contributed by atoms with Gasteiger partial charge in [0.05, 0.1) is 39.9 Å². The summed E-state index contributed by atoms with van der Waals surface area (Å²) >= 11 is 0. The number of carbonyl (C=O) groups excluding carboxylic acids is 1. The number of allylic oxidation sites excluding steroid dienone is 7. The summed E-state index contributed by atoms with van der Waals surface area (Å²) < 4.78 is 23.2. The number of hydrogen-bond donors (Lipinski definition) is 2. The number of rotatable bonds is 48. The fourth-order valence-electron chi connectivity index (χ4n) is 7.54. The van der Waals surface area contributed by atoms with Gasteiger partial charge in [-0.25, -0.2) is 0 Å². The van der Waals surface area contributed by atoms with Crippen LogP contribution in [0, 0.1) is 0 Å². The van der Waals surface area contributed by atoms with Gasteiger partial charge in [-0.05, 0) is 64.2 Å². The third-order valence-electron chi connectivity index (χ3n) is 11.7. The van der Waals surface area contributed by atoms with Crippen LogP contribution in [0.5, 0.6) is 0 Å². The standard InChI is InChI=1S/C54H103N2O6P/c1-6-8-10-12-14-16-18-19-20-21-22-23-24-25-26-27-28-29-30-31-32-33-34-35-36-38-40-42-44-46-48-54(58)55-52(51-62-63(59,60)61-50-49-56(3,4)5)53(57)47-45-43-41-39-37-17-15-13-11-9-7-2/h11,13,25-26,37,39,45,47,52-53,57H,6-10,12,14-24,27-36,38,40-44,46,48-51H2,1-5H3,(H-,55,58,59,60)/b13-11+,26-25-,39-37+,47-45+. The zero-order valence-corrected chi connectivity index (χ0v) is 42.9. The molecule has 0 aromatic carbocycles. The normalized spacial score (nSPS) is 14.5. The van der Waals surface area contributed by atoms with Gasteiger partial charge in [0.1, 0.15) is 13.2 Å². The molecule has 0 spiro atoms. The second kappa shape index (κ2) is 45.6. The number of phosphoric acid groups is 1. The van der Waals surface area contributed by atoms with Crippen molar-refractivity contribution in [2.45, 2.75) is 251 Å². The number of nitrogens with one attached hydrogen (secondary N) is 1. The Hall–Kier alpha value is -1.54. The van der Waals surface area contributed by atoms with Crippen LogP contribution in [0.15, 0.2) is 48.6 Å². The first-order chi connectivity index (χ1) is 30.5. The molecule has 0 aliphatic carbocycles. The second-order valence-electron chi connectivity index (χ2n) is 19.2. The monoisotopic (exact) mass is 907 g/mol. The van der Waals surface area contributed by atoms with Crippen LogP contribution in [-0.4, -0.2) is 68.5 Å². The topological polar surface area (TPSA) is 108 Å². The van der Waals surface area contributed by atoms with Gasteiger partial charge >= 0.3 is 0 Å². The summed E-state index contributed by atoms with van der Waals surface area (Å²) in [6.07, 6.45) is 59.2. The van der Waals surface area contributed by atoms with Crippen molar-refractivity contribution >= 4 is 13.7 Å². The highest BCUT2D eigenvalue weighted by molar-refractivity contribution is 7.45. The molecule has 370 valence electrons. The molecular formula is C54H103N2O6P. The summed E-state index contributed by atoms with van der Waals surface area (Å²) in [5.41, 5.74) is 0. The molecule has 63 heavy (non-hydrogen) atoms. The lowest BCUT2D eigenvalue weighted by molar-refractivity contribution is -0.870. The number of nitrogens with zero attached hydrogens (tertiary/aromatic N) is 1. The molecule has 0 saturated carbocycles. The fourth-order valence-corrected chi connectivity index (χ4v) is 8.26. The minimum absolute atomic E-state index is 0.00949. The highest BCUT2D eigenvalue weighted by Gasteiger charge is 2.23. The van der Waals surface area contributed by atoms with Crippen molar-refractivity contribution in [3.63, 3.8) is 0 Å². The van der Waals surface area contributed by atoms with Crippen LogP contribution in [0.4, 0.5) is 0 Å². The van der Waals surface area contributed by atoms with E-state index in [1.54, 1.807) is 6.08 Å². The number of likely N-dealkylation sites (N-methyl/N-ethyl adjacent to an activating group) is 1. The number of quaternary nitrogens is 1. The minimum Gasteiger partial charge on any atom is -0.756 e. The van der Waals surface area contributed by atoms with Crippen molar-refractivity contribution in [2.24, 2.45) is 0 Å². The molecule has 0 aromatic rings. The molecule has 0 heterocycles. The van der Waals surface area contributed by atoms with Crippen molar-refractivity contribution in [1.82, 2.24) is 5.32 Å². The zero-order chi connectivity index (χ0) is 46.4. The quantitative estimate of drug-likeness (QED) is 0.0272. The Bertz CT molecular complexity index is 1170. The fraction of sp³-hybridized carbons (Fsp3) is 0.833. The molecule has 0 rings (SSSR count). The van der Waals surface area contributed by atoms with Gasteiger partial charge < -0.3 is 28.8 Å². The molecule has 9 heteroatoms. The van der Waals surface area contributed by atoms with E-state index in [0.29, 0.717) is 17.4 Å². The van der Waals surface area contributed by atoms with Crippen LogP contribution in [0.2, 0.25) is 0 Å². The first-order valence-corrected chi connectivity index (χ1v) is 28.0. The lowest BCUT2D eigenvalue weighted by atomic mass is 10.0. The number of unbranched alkanes of at least 4 members (excludes halogenated alkanes) is 29. The van der Waals surface area contributed by atoms with E-state index >= 15 is 0 Å². The molecule has 0 aliphatic rings. The molecule has 0 aromatic heterocycles. The lowest BCUT2D eigenvalue weighted by Gasteiger charge is -2.29. The molecule has 0 saturated heterocycles. The van der Waals surface area contributed by atoms with E-state index in [-0.39, 0.29) is 12.5 Å². The van der Waals surface area contributed by atoms with E-state index in [4.69, 9.17) is 9.05 Å². The van der Waals surface area contributed by atoms with E-state index in [1.807, 2.05) is 27.2 Å². The predicted octanol–water partition coefficient (Wildman–Crippen LogP) is 15.0. The number of phosphoric ester groups is 1. The molecule has 0 aliphatic heterocycles. The zero-order valence-electron chi connectivity index (χ0n) is 42.0. The molecule has 2 N–H and O–H groups in total. The predicted molar refractivity (Wildman–Crippen MR) is 270 cm³/mol. The Morgan fingerprint density at radius 1 is 0.540 bits per heavy atom. The van der Waals surface area contributed by atoms with Crippen LogP contribution < -0.4 is 10.2 Å². The van der Waals surface area contributed by atoms with E-state index in [0.717, 1.165) is 51.4 Å². The van der Waals surface area contributed by atoms with Crippen molar-refractivity contribution < 1.29 is 32.9 Å². The Morgan fingerprint density at radius 3 is 1.35 bits per heavy atom. The van der Waals surface area contributed by atoms with E-state index in [9.17, 15) is 19.4 Å². The van der Waals surface area contributed by atoms with Crippen molar-refractivity contribution in [3.05, 3.63) is 48.6 Å². The Kier molecular flexibility index (Phi) is 44.5. The number of carbonyl (C=O) groups is 1. The first-order valence-electron chi connectivity index (χ1n) is 26.5. The number of amides is 1. The van der Waals surface area contributed by atoms with Gasteiger partial charge in [-0.15, -0.1) is 0 Å². The maximum Gasteiger partial charge on any atom is 0.268 e. The average molecular weight is 907 g/mol. The van der Waals surface area contributed by atoms with Gasteiger partial charge in [0.25, 0.3) is 7.82 Å². The summed E-state index contributed by atoms with van der Waals surface area (Å²) in [5, 5.41) is 13.7. The summed E-state index contributed by atoms with van der Waals surface area (Å²) in [4.78, 5) is 25.3. The van der Waals surface area contributed by atoms with Crippen molar-refractivity contribution in [1.29, 1.82) is 0 Å². The Morgan fingerprint density at radius 2 is 0.921 bits per heavy atom. The maximum atomic E-state index is 12.9. The Labute approximate surface area is 390 Å². The molecule has 0 fully saturated rings. The molecular weight excluding hydrogens is 804 g/mol. The largest absolute Gasteiger partial charge is 0.756 e. The van der Waals surface area contributed by atoms with Gasteiger partial charge in [0.15, 0.2) is 0 Å². The van der Waals surface area contributed by atoms with E-state index < -0.39 is 26.6 Å². The van der Waals surface area contributed by atoms with E-state index in [2.05, 4.69) is 55.6 Å². The third kappa shape index (κ3) is 48.2. The van der Waals surface area contributed by atoms with Crippen LogP contribution in [0.3, 0.4) is 0 Å². The maximum absolute atomic E-state index is 12.9. The summed E-state index contributed by atoms with van der Waals surface area (Å²) in [5.74, 6) is -0.212. The van der Waals surface area contributed by atoms with Gasteiger partial charge in [-0.2, -0.15) is 0 Å². The lowest BCUT2D eigenvalue weighted by Crippen LogP contribution is -2.45. The van der Waals surface area contributed by atoms with Crippen LogP contribution >= 0.6 is 7.82 Å². The van der Waals surface area contributed by atoms with Gasteiger partial charge in [-0.3, -0.25) is 9.36 Å². The summed E-state index contributed by atoms with van der Waals surface area (Å²) in [6, 6.07) is -0.908. The number of aliphatic hydroxyl groups is 1. The molecule has 8 nitrogen and oxygen atoms in total. The summed E-state index contributed by atoms with van der Waals surface area (Å²) in [6.45, 7) is 4.55. The third-order valence-corrected chi connectivity index (χ3v) is 12.7. The SMILES string of the molecule is CCC/C=C/CC/C=C/CC/C=C/C(O)C(COP(=O)([O-])OCC[N+](C)(C)C)NC(=O)CCCCCCCCCCCCCCCC/C=C\CCCCCCCCCCCCCC. The molecule has 3 unspecified atom stereocenters. The summed E-state index contributed by atoms with van der Waals surface area (Å²) in [7, 11) is 1.23. The van der Waals surface area contributed by atoms with Crippen LogP contribution in [0.25, 0.3) is 0 Å². The van der Waals surface area contributed by atoms with Crippen LogP contribution in [0.1, 0.15) is 239 Å². The minimum atomic E-state index is -4.60. The Balaban J connectivity index is 4.06. The number of aliphatic hydroxyl groups excluding tert-OH is 1. The van der Waals surface area contributed by atoms with Gasteiger partial charge in [0.2, 0.25) is 5.91 Å². The highest BCUT2D eigenvalue weighted by atomic mass is 31.2. The van der Waals surface area contributed by atoms with Crippen molar-refractivity contribution in [2.75, 3.05) is 40.9 Å². The van der Waals surface area contributed by atoms with E-state index in [1.165, 1.54) is 167 Å². The second-order valence-corrected chi connectivity index (χ2v) is 20.6. The smallest absolute Gasteiger partial charge is 0.268 e. The van der Waals surface area contributed by atoms with Gasteiger partial charge in [0, 0.05) is 6.42 Å². The molecule has 1 amide bonds. The van der Waals surface area contributed by atoms with Crippen LogP contribution in [-0.2, 0) is 18.4 Å². The first kappa shape index (κ1) is 61.5. The van der Waals surface area contributed by atoms with Gasteiger partial charge in [-0.1, -0.05) is 217 Å². The number of hydrogen-bond acceptors (Lipinski definition) is 6. The van der Waals surface area contributed by atoms with Crippen molar-refractivity contribution in [3.8, 4) is 0 Å².